The first-order valence-corrected chi connectivity index (χ1v) is 10.6. The molecule has 0 aromatic heterocycles. The average Bonchev–Trinajstić information content (AvgIpc) is 2.70. The normalized spacial score (nSPS) is 10.4. The van der Waals surface area contributed by atoms with Gasteiger partial charge in [0.2, 0.25) is 0 Å². The highest BCUT2D eigenvalue weighted by Crippen LogP contribution is 2.26. The van der Waals surface area contributed by atoms with Gasteiger partial charge in [0.15, 0.2) is 0 Å². The number of carbonyl (C=O) groups is 3. The van der Waals surface area contributed by atoms with E-state index in [1.54, 1.807) is 13.8 Å². The van der Waals surface area contributed by atoms with E-state index in [0.29, 0.717) is 51.9 Å². The van der Waals surface area contributed by atoms with E-state index in [1.165, 1.54) is 0 Å². The van der Waals surface area contributed by atoms with Gasteiger partial charge in [-0.05, 0) is 63.1 Å². The second kappa shape index (κ2) is 15.5. The zero-order valence-electron chi connectivity index (χ0n) is 17.7. The Morgan fingerprint density at radius 2 is 1.62 bits per heavy atom. The third kappa shape index (κ3) is 10.7. The SMILES string of the molecule is CCOC(=O)CCCOc1cccc(CCCCCC=O)c1CCC(=O)OCC. The van der Waals surface area contributed by atoms with Crippen molar-refractivity contribution in [2.24, 2.45) is 0 Å². The average molecular weight is 407 g/mol. The third-order valence-corrected chi connectivity index (χ3v) is 4.47. The molecule has 0 fully saturated rings. The van der Waals surface area contributed by atoms with Crippen molar-refractivity contribution in [3.05, 3.63) is 29.3 Å². The summed E-state index contributed by atoms with van der Waals surface area (Å²) >= 11 is 0. The molecule has 1 aromatic carbocycles. The van der Waals surface area contributed by atoms with Crippen LogP contribution in [-0.2, 0) is 36.7 Å². The molecule has 0 spiro atoms. The number of hydrogen-bond donors (Lipinski definition) is 0. The van der Waals surface area contributed by atoms with Gasteiger partial charge in [-0.3, -0.25) is 9.59 Å². The molecule has 6 heteroatoms. The molecule has 0 aliphatic rings. The topological polar surface area (TPSA) is 78.9 Å². The van der Waals surface area contributed by atoms with Crippen LogP contribution in [0.5, 0.6) is 5.75 Å². The smallest absolute Gasteiger partial charge is 0.306 e. The van der Waals surface area contributed by atoms with Gasteiger partial charge in [-0.2, -0.15) is 0 Å². The molecule has 162 valence electrons. The van der Waals surface area contributed by atoms with Crippen LogP contribution in [0.3, 0.4) is 0 Å². The van der Waals surface area contributed by atoms with Crippen LogP contribution in [0.4, 0.5) is 0 Å². The molecule has 29 heavy (non-hydrogen) atoms. The Bertz CT molecular complexity index is 626. The molecule has 0 bridgehead atoms. The maximum Gasteiger partial charge on any atom is 0.306 e. The summed E-state index contributed by atoms with van der Waals surface area (Å²) in [6.45, 7) is 4.74. The van der Waals surface area contributed by atoms with E-state index in [0.717, 1.165) is 48.8 Å². The Balaban J connectivity index is 2.72. The zero-order chi connectivity index (χ0) is 21.3. The number of aryl methyl sites for hydroxylation is 1. The molecule has 6 nitrogen and oxygen atoms in total. The lowest BCUT2D eigenvalue weighted by Crippen LogP contribution is -2.10. The molecule has 0 saturated carbocycles. The summed E-state index contributed by atoms with van der Waals surface area (Å²) in [5.74, 6) is 0.313. The molecular weight excluding hydrogens is 372 g/mol. The zero-order valence-corrected chi connectivity index (χ0v) is 17.7. The molecule has 1 rings (SSSR count). The second-order valence-corrected chi connectivity index (χ2v) is 6.72. The van der Waals surface area contributed by atoms with Gasteiger partial charge in [0.25, 0.3) is 0 Å². The Labute approximate surface area is 173 Å². The van der Waals surface area contributed by atoms with Crippen LogP contribution >= 0.6 is 0 Å². The standard InChI is InChI=1S/C23H34O6/c1-3-27-22(25)14-10-18-29-21-13-9-12-19(11-7-5-6-8-17-24)20(21)15-16-23(26)28-4-2/h9,12-13,17H,3-8,10-11,14-16,18H2,1-2H3. The van der Waals surface area contributed by atoms with Crippen molar-refractivity contribution in [2.75, 3.05) is 19.8 Å². The van der Waals surface area contributed by atoms with Crippen LogP contribution in [0.2, 0.25) is 0 Å². The minimum atomic E-state index is -0.221. The summed E-state index contributed by atoms with van der Waals surface area (Å²) in [5, 5.41) is 0. The van der Waals surface area contributed by atoms with E-state index in [4.69, 9.17) is 14.2 Å². The minimum Gasteiger partial charge on any atom is -0.493 e. The molecule has 0 aliphatic heterocycles. The van der Waals surface area contributed by atoms with Gasteiger partial charge >= 0.3 is 11.9 Å². The molecule has 0 unspecified atom stereocenters. The molecule has 0 aliphatic carbocycles. The Morgan fingerprint density at radius 3 is 2.31 bits per heavy atom. The quantitative estimate of drug-likeness (QED) is 0.232. The number of unbranched alkanes of at least 4 members (excludes halogenated alkanes) is 3. The summed E-state index contributed by atoms with van der Waals surface area (Å²) in [7, 11) is 0. The molecule has 1 aromatic rings. The van der Waals surface area contributed by atoms with Crippen LogP contribution in [-0.4, -0.2) is 38.0 Å². The van der Waals surface area contributed by atoms with Crippen molar-refractivity contribution in [1.29, 1.82) is 0 Å². The van der Waals surface area contributed by atoms with E-state index >= 15 is 0 Å². The monoisotopic (exact) mass is 406 g/mol. The van der Waals surface area contributed by atoms with E-state index in [9.17, 15) is 14.4 Å². The van der Waals surface area contributed by atoms with Gasteiger partial charge in [0.05, 0.1) is 19.8 Å². The van der Waals surface area contributed by atoms with E-state index in [-0.39, 0.29) is 11.9 Å². The Morgan fingerprint density at radius 1 is 0.897 bits per heavy atom. The van der Waals surface area contributed by atoms with Gasteiger partial charge in [0, 0.05) is 19.3 Å². The molecule has 0 heterocycles. The Hall–Kier alpha value is -2.37. The van der Waals surface area contributed by atoms with Gasteiger partial charge in [0.1, 0.15) is 12.0 Å². The van der Waals surface area contributed by atoms with Crippen molar-refractivity contribution < 1.29 is 28.6 Å². The van der Waals surface area contributed by atoms with Crippen LogP contribution in [0.15, 0.2) is 18.2 Å². The van der Waals surface area contributed by atoms with Crippen molar-refractivity contribution in [3.63, 3.8) is 0 Å². The van der Waals surface area contributed by atoms with Crippen LogP contribution in [0, 0.1) is 0 Å². The fourth-order valence-electron chi connectivity index (χ4n) is 3.08. The Kier molecular flexibility index (Phi) is 13.2. The van der Waals surface area contributed by atoms with Crippen molar-refractivity contribution in [3.8, 4) is 5.75 Å². The highest BCUT2D eigenvalue weighted by atomic mass is 16.5. The lowest BCUT2D eigenvalue weighted by Gasteiger charge is -2.16. The molecular formula is C23H34O6. The first-order chi connectivity index (χ1) is 14.1. The maximum absolute atomic E-state index is 11.8. The lowest BCUT2D eigenvalue weighted by molar-refractivity contribution is -0.144. The van der Waals surface area contributed by atoms with Gasteiger partial charge < -0.3 is 19.0 Å². The third-order valence-electron chi connectivity index (χ3n) is 4.47. The number of ether oxygens (including phenoxy) is 3. The highest BCUT2D eigenvalue weighted by Gasteiger charge is 2.13. The number of benzene rings is 1. The summed E-state index contributed by atoms with van der Waals surface area (Å²) in [6.07, 6.45) is 7.03. The molecule has 0 amide bonds. The van der Waals surface area contributed by atoms with Crippen molar-refractivity contribution in [2.45, 2.75) is 71.6 Å². The number of aldehydes is 1. The number of hydrogen-bond acceptors (Lipinski definition) is 6. The fourth-order valence-corrected chi connectivity index (χ4v) is 3.08. The van der Waals surface area contributed by atoms with Crippen molar-refractivity contribution in [1.82, 2.24) is 0 Å². The second-order valence-electron chi connectivity index (χ2n) is 6.72. The van der Waals surface area contributed by atoms with Crippen LogP contribution < -0.4 is 4.74 Å². The number of esters is 2. The molecule has 0 saturated heterocycles. The summed E-state index contributed by atoms with van der Waals surface area (Å²) < 4.78 is 15.9. The summed E-state index contributed by atoms with van der Waals surface area (Å²) in [4.78, 5) is 33.7. The lowest BCUT2D eigenvalue weighted by atomic mass is 9.97. The minimum absolute atomic E-state index is 0.220. The predicted molar refractivity (Wildman–Crippen MR) is 111 cm³/mol. The summed E-state index contributed by atoms with van der Waals surface area (Å²) in [6, 6.07) is 5.92. The van der Waals surface area contributed by atoms with Crippen LogP contribution in [0.25, 0.3) is 0 Å². The summed E-state index contributed by atoms with van der Waals surface area (Å²) in [5.41, 5.74) is 2.18. The fraction of sp³-hybridized carbons (Fsp3) is 0.609. The van der Waals surface area contributed by atoms with Crippen molar-refractivity contribution >= 4 is 18.2 Å². The highest BCUT2D eigenvalue weighted by molar-refractivity contribution is 5.70. The molecule has 0 radical (unpaired) electrons. The van der Waals surface area contributed by atoms with E-state index in [2.05, 4.69) is 6.07 Å². The number of carbonyl (C=O) groups excluding carboxylic acids is 3. The maximum atomic E-state index is 11.8. The first-order valence-electron chi connectivity index (χ1n) is 10.6. The van der Waals surface area contributed by atoms with Crippen LogP contribution in [0.1, 0.15) is 69.9 Å². The van der Waals surface area contributed by atoms with Gasteiger partial charge in [-0.15, -0.1) is 0 Å². The van der Waals surface area contributed by atoms with E-state index in [1.807, 2.05) is 12.1 Å². The largest absolute Gasteiger partial charge is 0.493 e. The van der Waals surface area contributed by atoms with E-state index < -0.39 is 0 Å². The molecule has 0 atom stereocenters. The predicted octanol–water partition coefficient (Wildman–Crippen LogP) is 4.21. The van der Waals surface area contributed by atoms with Gasteiger partial charge in [-0.25, -0.2) is 0 Å². The molecule has 0 N–H and O–H groups in total. The first kappa shape index (κ1) is 24.7. The number of rotatable bonds is 16. The van der Waals surface area contributed by atoms with Gasteiger partial charge in [-0.1, -0.05) is 18.6 Å².